The molecule has 0 unspecified atom stereocenters. The van der Waals surface area contributed by atoms with Crippen molar-refractivity contribution in [2.24, 2.45) is 0 Å². The number of benzene rings is 1. The summed E-state index contributed by atoms with van der Waals surface area (Å²) < 4.78 is 5.16. The Labute approximate surface area is 146 Å². The molecule has 3 rings (SSSR count). The molecule has 1 aromatic heterocycles. The van der Waals surface area contributed by atoms with Crippen molar-refractivity contribution in [1.82, 2.24) is 5.16 Å². The van der Waals surface area contributed by atoms with Crippen molar-refractivity contribution in [2.45, 2.75) is 58.1 Å². The first-order valence-electron chi connectivity index (χ1n) is 8.47. The van der Waals surface area contributed by atoms with E-state index in [0.717, 1.165) is 24.0 Å². The van der Waals surface area contributed by atoms with Gasteiger partial charge in [0.2, 0.25) is 0 Å². The van der Waals surface area contributed by atoms with Crippen LogP contribution in [0.5, 0.6) is 0 Å². The minimum absolute atomic E-state index is 0.0369. The van der Waals surface area contributed by atoms with Crippen molar-refractivity contribution in [2.75, 3.05) is 5.32 Å². The van der Waals surface area contributed by atoms with Crippen molar-refractivity contribution in [3.8, 4) is 11.1 Å². The third kappa shape index (κ3) is 3.66. The van der Waals surface area contributed by atoms with Crippen LogP contribution in [0, 0.1) is 24.0 Å². The summed E-state index contributed by atoms with van der Waals surface area (Å²) in [6.45, 7) is 5.45. The van der Waals surface area contributed by atoms with Crippen LogP contribution >= 0.6 is 0 Å². The lowest BCUT2D eigenvalue weighted by Crippen LogP contribution is -2.35. The summed E-state index contributed by atoms with van der Waals surface area (Å²) in [5.74, 6) is 0.641. The number of aliphatic hydroxyl groups is 1. The molecule has 0 aliphatic heterocycles. The maximum atomic E-state index is 11.5. The molecule has 1 fully saturated rings. The van der Waals surface area contributed by atoms with Crippen LogP contribution in [-0.2, 0) is 0 Å². The van der Waals surface area contributed by atoms with Crippen molar-refractivity contribution < 1.29 is 14.6 Å². The number of nitrogens with one attached hydrogen (secondary N) is 1. The Morgan fingerprint density at radius 3 is 2.60 bits per heavy atom. The fraction of sp³-hybridized carbons (Fsp3) is 0.500. The first-order valence-corrected chi connectivity index (χ1v) is 8.47. The van der Waals surface area contributed by atoms with E-state index >= 15 is 0 Å². The van der Waals surface area contributed by atoms with Crippen LogP contribution in [0.2, 0.25) is 0 Å². The summed E-state index contributed by atoms with van der Waals surface area (Å²) in [7, 11) is 0. The normalized spacial score (nSPS) is 23.4. The van der Waals surface area contributed by atoms with E-state index in [1.165, 1.54) is 0 Å². The number of rotatable bonds is 4. The van der Waals surface area contributed by atoms with Gasteiger partial charge in [-0.25, -0.2) is 0 Å². The maximum Gasteiger partial charge on any atom is 0.292 e. The molecule has 0 saturated heterocycles. The third-order valence-electron chi connectivity index (χ3n) is 4.94. The molecule has 1 aliphatic rings. The minimum atomic E-state index is -0.628. The first kappa shape index (κ1) is 17.4. The number of aryl methyl sites for hydroxylation is 2. The summed E-state index contributed by atoms with van der Waals surface area (Å²) in [6.07, 6.45) is 2.96. The lowest BCUT2D eigenvalue weighted by atomic mass is 9.83. The SMILES string of the molecule is Cc1noc(C)c1-c1ccc(NC2CCC(C)(O)CC2)c([N+](=O)[O-])c1. The molecule has 7 heteroatoms. The lowest BCUT2D eigenvalue weighted by molar-refractivity contribution is -0.383. The number of aromatic nitrogens is 1. The number of nitro benzene ring substituents is 1. The molecule has 134 valence electrons. The van der Waals surface area contributed by atoms with Gasteiger partial charge in [-0.05, 0) is 58.1 Å². The number of nitro groups is 1. The highest BCUT2D eigenvalue weighted by molar-refractivity contribution is 5.75. The minimum Gasteiger partial charge on any atom is -0.390 e. The molecule has 0 spiro atoms. The summed E-state index contributed by atoms with van der Waals surface area (Å²) >= 11 is 0. The van der Waals surface area contributed by atoms with E-state index in [1.807, 2.05) is 19.9 Å². The summed E-state index contributed by atoms with van der Waals surface area (Å²) in [4.78, 5) is 11.2. The third-order valence-corrected chi connectivity index (χ3v) is 4.94. The van der Waals surface area contributed by atoms with Crippen molar-refractivity contribution in [3.63, 3.8) is 0 Å². The zero-order valence-corrected chi connectivity index (χ0v) is 14.7. The second kappa shape index (κ2) is 6.48. The molecule has 2 aromatic rings. The van der Waals surface area contributed by atoms with E-state index in [2.05, 4.69) is 10.5 Å². The quantitative estimate of drug-likeness (QED) is 0.642. The first-order chi connectivity index (χ1) is 11.8. The average molecular weight is 345 g/mol. The molecule has 1 aliphatic carbocycles. The molecule has 1 aromatic carbocycles. The van der Waals surface area contributed by atoms with Crippen LogP contribution in [0.25, 0.3) is 11.1 Å². The Morgan fingerprint density at radius 1 is 1.36 bits per heavy atom. The smallest absolute Gasteiger partial charge is 0.292 e. The highest BCUT2D eigenvalue weighted by atomic mass is 16.6. The van der Waals surface area contributed by atoms with Crippen LogP contribution in [0.4, 0.5) is 11.4 Å². The molecular weight excluding hydrogens is 322 g/mol. The molecule has 7 nitrogen and oxygen atoms in total. The van der Waals surface area contributed by atoms with E-state index in [0.29, 0.717) is 30.0 Å². The van der Waals surface area contributed by atoms with E-state index < -0.39 is 5.60 Å². The maximum absolute atomic E-state index is 11.5. The Bertz CT molecular complexity index is 768. The Hall–Kier alpha value is -2.41. The molecule has 0 amide bonds. The molecule has 0 bridgehead atoms. The van der Waals surface area contributed by atoms with Gasteiger partial charge in [0.25, 0.3) is 5.69 Å². The number of anilines is 1. The topological polar surface area (TPSA) is 101 Å². The van der Waals surface area contributed by atoms with Gasteiger partial charge in [-0.3, -0.25) is 10.1 Å². The van der Waals surface area contributed by atoms with Crippen LogP contribution in [0.15, 0.2) is 22.7 Å². The monoisotopic (exact) mass is 345 g/mol. The van der Waals surface area contributed by atoms with Gasteiger partial charge in [0.15, 0.2) is 0 Å². The summed E-state index contributed by atoms with van der Waals surface area (Å²) in [6, 6.07) is 5.28. The van der Waals surface area contributed by atoms with Crippen LogP contribution < -0.4 is 5.32 Å². The second-order valence-corrected chi connectivity index (χ2v) is 7.10. The fourth-order valence-corrected chi connectivity index (χ4v) is 3.46. The summed E-state index contributed by atoms with van der Waals surface area (Å²) in [5.41, 5.74) is 2.14. The highest BCUT2D eigenvalue weighted by Crippen LogP contribution is 2.36. The zero-order chi connectivity index (χ0) is 18.2. The molecule has 0 atom stereocenters. The van der Waals surface area contributed by atoms with Gasteiger partial charge in [-0.15, -0.1) is 0 Å². The van der Waals surface area contributed by atoms with Crippen molar-refractivity contribution in [3.05, 3.63) is 39.8 Å². The standard InChI is InChI=1S/C18H23N3O4/c1-11-17(12(2)25-20-11)13-4-5-15(16(10-13)21(23)24)19-14-6-8-18(3,22)9-7-14/h4-5,10,14,19,22H,6-9H2,1-3H3. The molecule has 1 saturated carbocycles. The molecular formula is C18H23N3O4. The number of nitrogens with zero attached hydrogens (tertiary/aromatic N) is 2. The summed E-state index contributed by atoms with van der Waals surface area (Å²) in [5, 5.41) is 28.8. The van der Waals surface area contributed by atoms with E-state index in [1.54, 1.807) is 19.1 Å². The Kier molecular flexibility index (Phi) is 4.51. The van der Waals surface area contributed by atoms with Crippen LogP contribution in [0.3, 0.4) is 0 Å². The fourth-order valence-electron chi connectivity index (χ4n) is 3.46. The van der Waals surface area contributed by atoms with E-state index in [4.69, 9.17) is 4.52 Å². The van der Waals surface area contributed by atoms with E-state index in [9.17, 15) is 15.2 Å². The largest absolute Gasteiger partial charge is 0.390 e. The van der Waals surface area contributed by atoms with Crippen molar-refractivity contribution in [1.29, 1.82) is 0 Å². The lowest BCUT2D eigenvalue weighted by Gasteiger charge is -2.33. The second-order valence-electron chi connectivity index (χ2n) is 7.10. The van der Waals surface area contributed by atoms with Gasteiger partial charge < -0.3 is 14.9 Å². The number of hydrogen-bond acceptors (Lipinski definition) is 6. The average Bonchev–Trinajstić information content (AvgIpc) is 2.88. The van der Waals surface area contributed by atoms with E-state index in [-0.39, 0.29) is 16.7 Å². The Balaban J connectivity index is 1.87. The van der Waals surface area contributed by atoms with Gasteiger partial charge >= 0.3 is 0 Å². The van der Waals surface area contributed by atoms with Crippen LogP contribution in [0.1, 0.15) is 44.1 Å². The zero-order valence-electron chi connectivity index (χ0n) is 14.7. The predicted octanol–water partition coefficient (Wildman–Crippen LogP) is 3.97. The van der Waals surface area contributed by atoms with Gasteiger partial charge in [0, 0.05) is 17.7 Å². The Morgan fingerprint density at radius 2 is 2.04 bits per heavy atom. The molecule has 25 heavy (non-hydrogen) atoms. The molecule has 1 heterocycles. The highest BCUT2D eigenvalue weighted by Gasteiger charge is 2.29. The number of hydrogen-bond donors (Lipinski definition) is 2. The van der Waals surface area contributed by atoms with Gasteiger partial charge in [-0.2, -0.15) is 0 Å². The molecule has 0 radical (unpaired) electrons. The predicted molar refractivity (Wildman–Crippen MR) is 94.6 cm³/mol. The van der Waals surface area contributed by atoms with Crippen LogP contribution in [-0.4, -0.2) is 26.8 Å². The molecule has 2 N–H and O–H groups in total. The van der Waals surface area contributed by atoms with Gasteiger partial charge in [0.05, 0.1) is 16.2 Å². The van der Waals surface area contributed by atoms with Gasteiger partial charge in [-0.1, -0.05) is 11.2 Å². The van der Waals surface area contributed by atoms with Crippen molar-refractivity contribution >= 4 is 11.4 Å². The van der Waals surface area contributed by atoms with Gasteiger partial charge in [0.1, 0.15) is 11.4 Å².